The van der Waals surface area contributed by atoms with Gasteiger partial charge in [-0.05, 0) is 92.1 Å². The number of hydrogen-bond acceptors (Lipinski definition) is 3. The van der Waals surface area contributed by atoms with Crippen molar-refractivity contribution in [2.75, 3.05) is 18.6 Å². The molecular formula is C32H35FN2O2. The number of ether oxygens (including phenoxy) is 1. The molecule has 2 atom stereocenters. The summed E-state index contributed by atoms with van der Waals surface area (Å²) in [6, 6.07) is 23.1. The summed E-state index contributed by atoms with van der Waals surface area (Å²) in [6.07, 6.45) is 6.18. The van der Waals surface area contributed by atoms with Gasteiger partial charge >= 0.3 is 0 Å². The Morgan fingerprint density at radius 1 is 1.11 bits per heavy atom. The monoisotopic (exact) mass is 498 g/mol. The molecule has 1 heterocycles. The number of nitrogens with one attached hydrogen (secondary N) is 1. The molecule has 5 heteroatoms. The molecule has 1 spiro atoms. The molecule has 2 aliphatic rings. The summed E-state index contributed by atoms with van der Waals surface area (Å²) < 4.78 is 18.8. The predicted molar refractivity (Wildman–Crippen MR) is 147 cm³/mol. The standard InChI is InChI=1S/C32H35FN2O2/c1-23-9-8-19-32(23)28-21-27(37-2)17-18-29(28)35(22-24-10-4-3-5-11-24)30(32)12-6-7-20-34-31(36)25-13-15-26(33)16-14-25/h3-5,10-11,13-18,21,30H,1,6-9,12,19-20,22H2,2H3,(H,34,36)/t30-,32-/m0/s1. The van der Waals surface area contributed by atoms with Crippen LogP contribution in [-0.2, 0) is 12.0 Å². The van der Waals surface area contributed by atoms with Crippen LogP contribution < -0.4 is 15.0 Å². The molecule has 1 amide bonds. The number of fused-ring (bicyclic) bond motifs is 2. The first-order chi connectivity index (χ1) is 18.0. The molecule has 37 heavy (non-hydrogen) atoms. The van der Waals surface area contributed by atoms with Crippen LogP contribution in [0.15, 0.2) is 84.9 Å². The minimum Gasteiger partial charge on any atom is -0.497 e. The fourth-order valence-corrected chi connectivity index (χ4v) is 6.32. The van der Waals surface area contributed by atoms with E-state index in [0.29, 0.717) is 18.2 Å². The zero-order chi connectivity index (χ0) is 25.8. The highest BCUT2D eigenvalue weighted by Gasteiger charge is 2.53. The third-order valence-electron chi connectivity index (χ3n) is 8.11. The molecule has 4 nitrogen and oxygen atoms in total. The van der Waals surface area contributed by atoms with E-state index in [1.807, 2.05) is 0 Å². The van der Waals surface area contributed by atoms with Crippen molar-refractivity contribution in [1.29, 1.82) is 0 Å². The van der Waals surface area contributed by atoms with Crippen molar-refractivity contribution < 1.29 is 13.9 Å². The number of carbonyl (C=O) groups is 1. The highest BCUT2D eigenvalue weighted by molar-refractivity contribution is 5.94. The SMILES string of the molecule is C=C1CCC[C@@]12c1cc(OC)ccc1N(Cc1ccccc1)[C@H]2CCCCNC(=O)c1ccc(F)cc1. The molecule has 1 N–H and O–H groups in total. The molecule has 5 rings (SSSR count). The van der Waals surface area contributed by atoms with E-state index in [1.54, 1.807) is 7.11 Å². The van der Waals surface area contributed by atoms with Gasteiger partial charge in [-0.25, -0.2) is 4.39 Å². The Morgan fingerprint density at radius 3 is 2.59 bits per heavy atom. The van der Waals surface area contributed by atoms with Crippen molar-refractivity contribution in [1.82, 2.24) is 5.32 Å². The van der Waals surface area contributed by atoms with Crippen LogP contribution in [0.25, 0.3) is 0 Å². The molecule has 0 bridgehead atoms. The van der Waals surface area contributed by atoms with E-state index in [2.05, 4.69) is 65.3 Å². The number of rotatable bonds is 9. The van der Waals surface area contributed by atoms with Crippen LogP contribution in [-0.4, -0.2) is 25.6 Å². The van der Waals surface area contributed by atoms with Gasteiger partial charge in [0.15, 0.2) is 0 Å². The summed E-state index contributed by atoms with van der Waals surface area (Å²) in [4.78, 5) is 15.0. The molecule has 0 aromatic heterocycles. The first-order valence-electron chi connectivity index (χ1n) is 13.2. The number of benzene rings is 3. The summed E-state index contributed by atoms with van der Waals surface area (Å²) in [6.45, 7) is 6.03. The maximum atomic E-state index is 13.2. The topological polar surface area (TPSA) is 41.6 Å². The number of hydrogen-bond donors (Lipinski definition) is 1. The average Bonchev–Trinajstić information content (AvgIpc) is 3.42. The van der Waals surface area contributed by atoms with Crippen molar-refractivity contribution in [3.05, 3.63) is 107 Å². The van der Waals surface area contributed by atoms with Crippen LogP contribution in [0.2, 0.25) is 0 Å². The van der Waals surface area contributed by atoms with Gasteiger partial charge in [-0.15, -0.1) is 0 Å². The Balaban J connectivity index is 1.34. The van der Waals surface area contributed by atoms with E-state index in [4.69, 9.17) is 4.74 Å². The fourth-order valence-electron chi connectivity index (χ4n) is 6.32. The zero-order valence-electron chi connectivity index (χ0n) is 21.5. The number of unbranched alkanes of at least 4 members (excludes halogenated alkanes) is 1. The van der Waals surface area contributed by atoms with E-state index in [-0.39, 0.29) is 17.1 Å². The second-order valence-corrected chi connectivity index (χ2v) is 10.2. The van der Waals surface area contributed by atoms with Crippen LogP contribution in [0, 0.1) is 5.82 Å². The van der Waals surface area contributed by atoms with E-state index in [1.165, 1.54) is 46.7 Å². The van der Waals surface area contributed by atoms with Crippen molar-refractivity contribution in [2.24, 2.45) is 0 Å². The molecule has 1 saturated carbocycles. The normalized spacial score (nSPS) is 20.3. The number of carbonyl (C=O) groups excluding carboxylic acids is 1. The lowest BCUT2D eigenvalue weighted by molar-refractivity contribution is 0.0952. The molecule has 3 aromatic carbocycles. The minimum absolute atomic E-state index is 0.0734. The van der Waals surface area contributed by atoms with Gasteiger partial charge in [-0.3, -0.25) is 4.79 Å². The van der Waals surface area contributed by atoms with Gasteiger partial charge in [0.2, 0.25) is 0 Å². The number of halogens is 1. The Hall–Kier alpha value is -3.60. The Morgan fingerprint density at radius 2 is 1.89 bits per heavy atom. The minimum atomic E-state index is -0.339. The van der Waals surface area contributed by atoms with Crippen molar-refractivity contribution in [3.63, 3.8) is 0 Å². The molecule has 0 radical (unpaired) electrons. The van der Waals surface area contributed by atoms with Crippen molar-refractivity contribution >= 4 is 11.6 Å². The Kier molecular flexibility index (Phi) is 7.31. The molecule has 1 aliphatic carbocycles. The summed E-state index contributed by atoms with van der Waals surface area (Å²) in [7, 11) is 1.73. The van der Waals surface area contributed by atoms with Gasteiger partial charge in [0.05, 0.1) is 7.11 Å². The lowest BCUT2D eigenvalue weighted by atomic mass is 9.71. The van der Waals surface area contributed by atoms with E-state index < -0.39 is 0 Å². The summed E-state index contributed by atoms with van der Waals surface area (Å²) in [5.74, 6) is 0.391. The third kappa shape index (κ3) is 4.87. The second-order valence-electron chi connectivity index (χ2n) is 10.2. The predicted octanol–water partition coefficient (Wildman–Crippen LogP) is 6.80. The van der Waals surface area contributed by atoms with Crippen molar-refractivity contribution in [2.45, 2.75) is 56.5 Å². The van der Waals surface area contributed by atoms with Gasteiger partial charge in [-0.1, -0.05) is 42.5 Å². The lowest BCUT2D eigenvalue weighted by Gasteiger charge is -2.38. The largest absolute Gasteiger partial charge is 0.497 e. The number of amides is 1. The van der Waals surface area contributed by atoms with E-state index in [0.717, 1.165) is 50.8 Å². The second kappa shape index (κ2) is 10.8. The number of methoxy groups -OCH3 is 1. The first-order valence-corrected chi connectivity index (χ1v) is 13.2. The Bertz CT molecular complexity index is 1260. The first kappa shape index (κ1) is 25.1. The van der Waals surface area contributed by atoms with Crippen LogP contribution in [0.5, 0.6) is 5.75 Å². The van der Waals surface area contributed by atoms with Gasteiger partial charge in [0.25, 0.3) is 5.91 Å². The third-order valence-corrected chi connectivity index (χ3v) is 8.11. The molecule has 192 valence electrons. The van der Waals surface area contributed by atoms with Crippen LogP contribution in [0.1, 0.15) is 60.0 Å². The molecule has 0 saturated heterocycles. The lowest BCUT2D eigenvalue weighted by Crippen LogP contribution is -2.44. The maximum absolute atomic E-state index is 13.2. The fraction of sp³-hybridized carbons (Fsp3) is 0.344. The Labute approximate surface area is 219 Å². The van der Waals surface area contributed by atoms with Crippen molar-refractivity contribution in [3.8, 4) is 5.75 Å². The summed E-state index contributed by atoms with van der Waals surface area (Å²) in [5.41, 5.74) is 5.66. The zero-order valence-corrected chi connectivity index (χ0v) is 21.5. The summed E-state index contributed by atoms with van der Waals surface area (Å²) >= 11 is 0. The maximum Gasteiger partial charge on any atom is 0.251 e. The van der Waals surface area contributed by atoms with Gasteiger partial charge in [-0.2, -0.15) is 0 Å². The average molecular weight is 499 g/mol. The van der Waals surface area contributed by atoms with E-state index in [9.17, 15) is 9.18 Å². The van der Waals surface area contributed by atoms with Gasteiger partial charge in [0, 0.05) is 35.8 Å². The molecule has 1 aliphatic heterocycles. The number of nitrogens with zero attached hydrogens (tertiary/aromatic N) is 1. The quantitative estimate of drug-likeness (QED) is 0.261. The smallest absolute Gasteiger partial charge is 0.251 e. The molecule has 1 fully saturated rings. The molecular weight excluding hydrogens is 463 g/mol. The van der Waals surface area contributed by atoms with Crippen LogP contribution in [0.4, 0.5) is 10.1 Å². The highest BCUT2D eigenvalue weighted by atomic mass is 19.1. The molecule has 3 aromatic rings. The van der Waals surface area contributed by atoms with Gasteiger partial charge in [0.1, 0.15) is 11.6 Å². The van der Waals surface area contributed by atoms with Crippen LogP contribution >= 0.6 is 0 Å². The molecule has 0 unspecified atom stereocenters. The highest BCUT2D eigenvalue weighted by Crippen LogP contribution is 2.58. The number of anilines is 1. The van der Waals surface area contributed by atoms with E-state index >= 15 is 0 Å². The summed E-state index contributed by atoms with van der Waals surface area (Å²) in [5, 5.41) is 2.99. The van der Waals surface area contributed by atoms with Crippen LogP contribution in [0.3, 0.4) is 0 Å². The van der Waals surface area contributed by atoms with Gasteiger partial charge < -0.3 is 15.0 Å².